The van der Waals surface area contributed by atoms with E-state index < -0.39 is 0 Å². The Kier molecular flexibility index (Phi) is 4.15. The van der Waals surface area contributed by atoms with Crippen LogP contribution < -0.4 is 9.47 Å². The molecule has 0 amide bonds. The normalized spacial score (nSPS) is 24.3. The molecular formula is C17H23NO3. The number of Topliss-reactive ketones (excluding diaryl/α,β-unsaturated/α-hetero) is 1. The number of rotatable bonds is 4. The molecule has 4 heteroatoms. The maximum atomic E-state index is 12.4. The standard InChI is InChI=1S/C17H23NO3/c1-12-3-6-14(7-4-12)18(2)10-15(19)13-5-8-16-17(9-13)21-11-20-16/h5,8-9,12,14H,3-4,6-7,10-11H2,1-2H3. The Morgan fingerprint density at radius 1 is 1.19 bits per heavy atom. The number of carbonyl (C=O) groups is 1. The highest BCUT2D eigenvalue weighted by molar-refractivity contribution is 5.98. The minimum absolute atomic E-state index is 0.148. The van der Waals surface area contributed by atoms with Crippen LogP contribution in [0.4, 0.5) is 0 Å². The topological polar surface area (TPSA) is 38.8 Å². The molecule has 3 rings (SSSR count). The lowest BCUT2D eigenvalue weighted by molar-refractivity contribution is 0.0888. The van der Waals surface area contributed by atoms with Gasteiger partial charge in [-0.3, -0.25) is 9.69 Å². The van der Waals surface area contributed by atoms with E-state index >= 15 is 0 Å². The largest absolute Gasteiger partial charge is 0.454 e. The fourth-order valence-electron chi connectivity index (χ4n) is 3.20. The summed E-state index contributed by atoms with van der Waals surface area (Å²) >= 11 is 0. The van der Waals surface area contributed by atoms with Crippen molar-refractivity contribution in [2.75, 3.05) is 20.4 Å². The molecule has 0 radical (unpaired) electrons. The van der Waals surface area contributed by atoms with E-state index in [-0.39, 0.29) is 12.6 Å². The quantitative estimate of drug-likeness (QED) is 0.798. The smallest absolute Gasteiger partial charge is 0.231 e. The maximum absolute atomic E-state index is 12.4. The molecule has 0 atom stereocenters. The molecular weight excluding hydrogens is 266 g/mol. The molecule has 4 nitrogen and oxygen atoms in total. The first kappa shape index (κ1) is 14.4. The summed E-state index contributed by atoms with van der Waals surface area (Å²) in [5, 5.41) is 0. The summed E-state index contributed by atoms with van der Waals surface area (Å²) in [5.41, 5.74) is 0.704. The van der Waals surface area contributed by atoms with Crippen molar-refractivity contribution in [3.8, 4) is 11.5 Å². The molecule has 0 N–H and O–H groups in total. The Bertz CT molecular complexity index is 521. The number of hydrogen-bond acceptors (Lipinski definition) is 4. The fraction of sp³-hybridized carbons (Fsp3) is 0.588. The highest BCUT2D eigenvalue weighted by Gasteiger charge is 2.24. The van der Waals surface area contributed by atoms with Crippen LogP contribution in [-0.4, -0.2) is 37.1 Å². The number of ketones is 1. The third-order valence-corrected chi connectivity index (χ3v) is 4.70. The Labute approximate surface area is 126 Å². The Morgan fingerprint density at radius 2 is 1.90 bits per heavy atom. The Morgan fingerprint density at radius 3 is 2.67 bits per heavy atom. The molecule has 1 fully saturated rings. The van der Waals surface area contributed by atoms with Gasteiger partial charge >= 0.3 is 0 Å². The van der Waals surface area contributed by atoms with Crippen LogP contribution in [0.1, 0.15) is 43.0 Å². The summed E-state index contributed by atoms with van der Waals surface area (Å²) in [6, 6.07) is 5.98. The SMILES string of the molecule is CC1CCC(N(C)CC(=O)c2ccc3c(c2)OCO3)CC1. The van der Waals surface area contributed by atoms with E-state index in [0.717, 1.165) is 11.7 Å². The average Bonchev–Trinajstić information content (AvgIpc) is 2.95. The molecule has 21 heavy (non-hydrogen) atoms. The molecule has 0 bridgehead atoms. The summed E-state index contributed by atoms with van der Waals surface area (Å²) in [6.45, 7) is 3.03. The number of hydrogen-bond donors (Lipinski definition) is 0. The van der Waals surface area contributed by atoms with Crippen LogP contribution >= 0.6 is 0 Å². The van der Waals surface area contributed by atoms with E-state index in [1.54, 1.807) is 6.07 Å². The zero-order valence-electron chi connectivity index (χ0n) is 12.8. The second-order valence-electron chi connectivity index (χ2n) is 6.32. The number of benzene rings is 1. The molecule has 1 aromatic carbocycles. The van der Waals surface area contributed by atoms with Crippen molar-refractivity contribution in [1.29, 1.82) is 0 Å². The predicted molar refractivity (Wildman–Crippen MR) is 80.9 cm³/mol. The molecule has 1 saturated carbocycles. The van der Waals surface area contributed by atoms with E-state index in [0.29, 0.717) is 23.9 Å². The van der Waals surface area contributed by atoms with Gasteiger partial charge in [0.25, 0.3) is 0 Å². The summed E-state index contributed by atoms with van der Waals surface area (Å²) in [6.07, 6.45) is 4.94. The van der Waals surface area contributed by atoms with Crippen LogP contribution in [0.25, 0.3) is 0 Å². The van der Waals surface area contributed by atoms with Gasteiger partial charge in [0.15, 0.2) is 17.3 Å². The first-order valence-electron chi connectivity index (χ1n) is 7.76. The van der Waals surface area contributed by atoms with E-state index in [2.05, 4.69) is 18.9 Å². The van der Waals surface area contributed by atoms with Crippen LogP contribution in [0.2, 0.25) is 0 Å². The van der Waals surface area contributed by atoms with Crippen LogP contribution in [0.3, 0.4) is 0 Å². The first-order valence-corrected chi connectivity index (χ1v) is 7.76. The lowest BCUT2D eigenvalue weighted by Gasteiger charge is -2.33. The van der Waals surface area contributed by atoms with Gasteiger partial charge in [-0.05, 0) is 56.8 Å². The minimum Gasteiger partial charge on any atom is -0.454 e. The predicted octanol–water partition coefficient (Wildman–Crippen LogP) is 3.11. The second-order valence-corrected chi connectivity index (χ2v) is 6.32. The zero-order chi connectivity index (χ0) is 14.8. The van der Waals surface area contributed by atoms with Gasteiger partial charge in [-0.15, -0.1) is 0 Å². The van der Waals surface area contributed by atoms with Crippen molar-refractivity contribution in [1.82, 2.24) is 4.90 Å². The monoisotopic (exact) mass is 289 g/mol. The lowest BCUT2D eigenvalue weighted by Crippen LogP contribution is -2.38. The van der Waals surface area contributed by atoms with Gasteiger partial charge in [0, 0.05) is 11.6 Å². The molecule has 0 spiro atoms. The number of fused-ring (bicyclic) bond motifs is 1. The molecule has 1 aliphatic carbocycles. The third kappa shape index (κ3) is 3.21. The van der Waals surface area contributed by atoms with Gasteiger partial charge in [0.2, 0.25) is 6.79 Å². The Hall–Kier alpha value is -1.55. The molecule has 1 aliphatic heterocycles. The minimum atomic E-state index is 0.148. The van der Waals surface area contributed by atoms with Gasteiger partial charge in [-0.25, -0.2) is 0 Å². The van der Waals surface area contributed by atoms with Crippen molar-refractivity contribution in [3.63, 3.8) is 0 Å². The summed E-state index contributed by atoms with van der Waals surface area (Å²) < 4.78 is 10.6. The van der Waals surface area contributed by atoms with E-state index in [4.69, 9.17) is 9.47 Å². The highest BCUT2D eigenvalue weighted by Crippen LogP contribution is 2.33. The average molecular weight is 289 g/mol. The van der Waals surface area contributed by atoms with Crippen LogP contribution in [-0.2, 0) is 0 Å². The van der Waals surface area contributed by atoms with E-state index in [9.17, 15) is 4.79 Å². The van der Waals surface area contributed by atoms with Gasteiger partial charge in [0.05, 0.1) is 6.54 Å². The number of likely N-dealkylation sites (N-methyl/N-ethyl adjacent to an activating group) is 1. The summed E-state index contributed by atoms with van der Waals surface area (Å²) in [7, 11) is 2.06. The molecule has 0 aromatic heterocycles. The van der Waals surface area contributed by atoms with Gasteiger partial charge < -0.3 is 9.47 Å². The van der Waals surface area contributed by atoms with Gasteiger partial charge in [-0.2, -0.15) is 0 Å². The van der Waals surface area contributed by atoms with Gasteiger partial charge in [-0.1, -0.05) is 6.92 Å². The van der Waals surface area contributed by atoms with Crippen molar-refractivity contribution < 1.29 is 14.3 Å². The molecule has 0 unspecified atom stereocenters. The van der Waals surface area contributed by atoms with E-state index in [1.165, 1.54) is 25.7 Å². The number of carbonyl (C=O) groups excluding carboxylic acids is 1. The maximum Gasteiger partial charge on any atom is 0.231 e. The fourth-order valence-corrected chi connectivity index (χ4v) is 3.20. The molecule has 0 saturated heterocycles. The highest BCUT2D eigenvalue weighted by atomic mass is 16.7. The lowest BCUT2D eigenvalue weighted by atomic mass is 9.86. The van der Waals surface area contributed by atoms with Crippen LogP contribution in [0.5, 0.6) is 11.5 Å². The number of ether oxygens (including phenoxy) is 2. The zero-order valence-corrected chi connectivity index (χ0v) is 12.8. The number of nitrogens with zero attached hydrogens (tertiary/aromatic N) is 1. The van der Waals surface area contributed by atoms with Crippen molar-refractivity contribution in [2.24, 2.45) is 5.92 Å². The van der Waals surface area contributed by atoms with Gasteiger partial charge in [0.1, 0.15) is 0 Å². The molecule has 2 aliphatic rings. The third-order valence-electron chi connectivity index (χ3n) is 4.70. The summed E-state index contributed by atoms with van der Waals surface area (Å²) in [4.78, 5) is 14.6. The summed E-state index contributed by atoms with van der Waals surface area (Å²) in [5.74, 6) is 2.38. The van der Waals surface area contributed by atoms with Crippen molar-refractivity contribution >= 4 is 5.78 Å². The first-order chi connectivity index (χ1) is 10.1. The second kappa shape index (κ2) is 6.06. The molecule has 1 heterocycles. The Balaban J connectivity index is 1.60. The van der Waals surface area contributed by atoms with Crippen LogP contribution in [0, 0.1) is 5.92 Å². The van der Waals surface area contributed by atoms with Crippen molar-refractivity contribution in [3.05, 3.63) is 23.8 Å². The van der Waals surface area contributed by atoms with Crippen LogP contribution in [0.15, 0.2) is 18.2 Å². The molecule has 114 valence electrons. The molecule has 1 aromatic rings. The van der Waals surface area contributed by atoms with Crippen molar-refractivity contribution in [2.45, 2.75) is 38.6 Å². The van der Waals surface area contributed by atoms with E-state index in [1.807, 2.05) is 12.1 Å².